The lowest BCUT2D eigenvalue weighted by Crippen LogP contribution is -2.01. The monoisotopic (exact) mass is 268 g/mol. The lowest BCUT2D eigenvalue weighted by Gasteiger charge is -2.05. The predicted molar refractivity (Wildman–Crippen MR) is 69.1 cm³/mol. The van der Waals surface area contributed by atoms with Gasteiger partial charge in [-0.15, -0.1) is 0 Å². The van der Waals surface area contributed by atoms with Crippen LogP contribution in [-0.2, 0) is 6.42 Å². The molecule has 0 aliphatic heterocycles. The van der Waals surface area contributed by atoms with Crippen molar-refractivity contribution in [3.63, 3.8) is 0 Å². The van der Waals surface area contributed by atoms with Crippen LogP contribution < -0.4 is 5.73 Å². The fourth-order valence-corrected chi connectivity index (χ4v) is 1.85. The smallest absolute Gasteiger partial charge is 0.181 e. The number of nitrogens with zero attached hydrogens (tertiary/aromatic N) is 3. The average Bonchev–Trinajstić information content (AvgIpc) is 2.28. The summed E-state index contributed by atoms with van der Waals surface area (Å²) in [5.41, 5.74) is 7.04. The molecule has 0 amide bonds. The maximum atomic E-state index is 6.04. The highest BCUT2D eigenvalue weighted by molar-refractivity contribution is 6.35. The Morgan fingerprint density at radius 3 is 2.65 bits per heavy atom. The molecule has 2 aromatic rings. The molecule has 0 bridgehead atoms. The van der Waals surface area contributed by atoms with Crippen molar-refractivity contribution in [3.05, 3.63) is 34.1 Å². The van der Waals surface area contributed by atoms with Crippen LogP contribution >= 0.6 is 23.2 Å². The van der Waals surface area contributed by atoms with Gasteiger partial charge in [0.2, 0.25) is 0 Å². The number of nitrogen functional groups attached to an aromatic ring is 1. The van der Waals surface area contributed by atoms with Crippen LogP contribution in [-0.4, -0.2) is 15.0 Å². The van der Waals surface area contributed by atoms with Gasteiger partial charge in [-0.3, -0.25) is 0 Å². The average molecular weight is 269 g/mol. The van der Waals surface area contributed by atoms with Gasteiger partial charge >= 0.3 is 0 Å². The van der Waals surface area contributed by atoms with Gasteiger partial charge in [0, 0.05) is 18.0 Å². The van der Waals surface area contributed by atoms with Crippen LogP contribution in [0.2, 0.25) is 10.0 Å². The van der Waals surface area contributed by atoms with E-state index in [1.165, 1.54) is 6.20 Å². The third-order valence-electron chi connectivity index (χ3n) is 2.18. The van der Waals surface area contributed by atoms with Crippen molar-refractivity contribution in [2.24, 2.45) is 0 Å². The van der Waals surface area contributed by atoms with Crippen molar-refractivity contribution in [2.45, 2.75) is 13.3 Å². The van der Waals surface area contributed by atoms with Gasteiger partial charge in [0.05, 0.1) is 10.0 Å². The van der Waals surface area contributed by atoms with E-state index in [0.29, 0.717) is 27.4 Å². The molecule has 0 unspecified atom stereocenters. The van der Waals surface area contributed by atoms with Crippen molar-refractivity contribution in [1.29, 1.82) is 0 Å². The van der Waals surface area contributed by atoms with Crippen molar-refractivity contribution in [3.8, 4) is 11.5 Å². The summed E-state index contributed by atoms with van der Waals surface area (Å²) in [6.45, 7) is 1.99. The molecule has 0 radical (unpaired) electrons. The second-order valence-corrected chi connectivity index (χ2v) is 4.29. The largest absolute Gasteiger partial charge is 0.384 e. The Kier molecular flexibility index (Phi) is 3.45. The maximum Gasteiger partial charge on any atom is 0.181 e. The summed E-state index contributed by atoms with van der Waals surface area (Å²) in [6.07, 6.45) is 2.27. The Labute approximate surface area is 109 Å². The second-order valence-electron chi connectivity index (χ2n) is 3.45. The van der Waals surface area contributed by atoms with Crippen molar-refractivity contribution < 1.29 is 0 Å². The summed E-state index contributed by atoms with van der Waals surface area (Å²) in [4.78, 5) is 12.6. The molecule has 17 heavy (non-hydrogen) atoms. The Morgan fingerprint density at radius 1 is 1.24 bits per heavy atom. The van der Waals surface area contributed by atoms with E-state index < -0.39 is 0 Å². The summed E-state index contributed by atoms with van der Waals surface area (Å²) in [7, 11) is 0. The summed E-state index contributed by atoms with van der Waals surface area (Å²) in [6, 6.07) is 3.33. The highest BCUT2D eigenvalue weighted by Gasteiger charge is 2.10. The van der Waals surface area contributed by atoms with Crippen LogP contribution in [0.25, 0.3) is 11.5 Å². The molecule has 0 aliphatic carbocycles. The molecule has 0 spiro atoms. The normalized spacial score (nSPS) is 10.5. The first-order valence-electron chi connectivity index (χ1n) is 5.05. The van der Waals surface area contributed by atoms with Gasteiger partial charge in [-0.2, -0.15) is 0 Å². The van der Waals surface area contributed by atoms with Gasteiger partial charge in [-0.1, -0.05) is 30.1 Å². The number of aromatic nitrogens is 3. The molecule has 0 aliphatic rings. The molecule has 0 saturated carbocycles. The number of rotatable bonds is 2. The maximum absolute atomic E-state index is 6.04. The first kappa shape index (κ1) is 12.1. The van der Waals surface area contributed by atoms with E-state index in [2.05, 4.69) is 15.0 Å². The molecule has 0 aromatic carbocycles. The van der Waals surface area contributed by atoms with Gasteiger partial charge in [0.25, 0.3) is 0 Å². The van der Waals surface area contributed by atoms with E-state index in [1.807, 2.05) is 6.92 Å². The predicted octanol–water partition coefficient (Wildman–Crippen LogP) is 2.99. The third kappa shape index (κ3) is 2.65. The molecular weight excluding hydrogens is 259 g/mol. The number of pyridine rings is 1. The number of hydrogen-bond acceptors (Lipinski definition) is 4. The Balaban J connectivity index is 2.55. The van der Waals surface area contributed by atoms with E-state index in [-0.39, 0.29) is 0 Å². The van der Waals surface area contributed by atoms with Gasteiger partial charge < -0.3 is 5.73 Å². The van der Waals surface area contributed by atoms with E-state index in [1.54, 1.807) is 12.1 Å². The van der Waals surface area contributed by atoms with Gasteiger partial charge in [0.15, 0.2) is 5.82 Å². The van der Waals surface area contributed by atoms with Crippen LogP contribution in [0.4, 0.5) is 5.82 Å². The molecular formula is C11H10Cl2N4. The number of halogens is 2. The standard InChI is InChI=1S/C11H10Cl2N4/c1-2-7-4-9(14)17-11(16-7)10-8(13)3-6(12)5-15-10/h3-5H,2H2,1H3,(H2,14,16,17). The fraction of sp³-hybridized carbons (Fsp3) is 0.182. The van der Waals surface area contributed by atoms with Crippen LogP contribution in [0.5, 0.6) is 0 Å². The highest BCUT2D eigenvalue weighted by Crippen LogP contribution is 2.26. The SMILES string of the molecule is CCc1cc(N)nc(-c2ncc(Cl)cc2Cl)n1. The molecule has 2 heterocycles. The van der Waals surface area contributed by atoms with Crippen LogP contribution in [0.15, 0.2) is 18.3 Å². The van der Waals surface area contributed by atoms with Crippen molar-refractivity contribution >= 4 is 29.0 Å². The molecule has 4 nitrogen and oxygen atoms in total. The van der Waals surface area contributed by atoms with E-state index >= 15 is 0 Å². The molecule has 88 valence electrons. The van der Waals surface area contributed by atoms with E-state index in [4.69, 9.17) is 28.9 Å². The number of anilines is 1. The summed E-state index contributed by atoms with van der Waals surface area (Å²) in [5, 5.41) is 0.878. The summed E-state index contributed by atoms with van der Waals surface area (Å²) >= 11 is 11.8. The first-order valence-corrected chi connectivity index (χ1v) is 5.80. The molecule has 0 fully saturated rings. The minimum atomic E-state index is 0.402. The highest BCUT2D eigenvalue weighted by atomic mass is 35.5. The van der Waals surface area contributed by atoms with Crippen LogP contribution in [0.1, 0.15) is 12.6 Å². The van der Waals surface area contributed by atoms with Crippen molar-refractivity contribution in [1.82, 2.24) is 15.0 Å². The van der Waals surface area contributed by atoms with Crippen LogP contribution in [0, 0.1) is 0 Å². The van der Waals surface area contributed by atoms with Crippen molar-refractivity contribution in [2.75, 3.05) is 5.73 Å². The molecule has 2 N–H and O–H groups in total. The fourth-order valence-electron chi connectivity index (χ4n) is 1.38. The van der Waals surface area contributed by atoms with Crippen LogP contribution in [0.3, 0.4) is 0 Å². The molecule has 2 rings (SSSR count). The van der Waals surface area contributed by atoms with Gasteiger partial charge in [-0.05, 0) is 12.5 Å². The zero-order chi connectivity index (χ0) is 12.4. The molecule has 0 atom stereocenters. The Morgan fingerprint density at radius 2 is 2.00 bits per heavy atom. The lowest BCUT2D eigenvalue weighted by molar-refractivity contribution is 1.00. The quantitative estimate of drug-likeness (QED) is 0.910. The second kappa shape index (κ2) is 4.85. The lowest BCUT2D eigenvalue weighted by atomic mass is 10.3. The topological polar surface area (TPSA) is 64.7 Å². The molecule has 0 saturated heterocycles. The first-order chi connectivity index (χ1) is 8.10. The number of nitrogens with two attached hydrogens (primary N) is 1. The summed E-state index contributed by atoms with van der Waals surface area (Å²) in [5.74, 6) is 0.822. The Hall–Kier alpha value is -1.39. The van der Waals surface area contributed by atoms with Gasteiger partial charge in [0.1, 0.15) is 11.5 Å². The van der Waals surface area contributed by atoms with E-state index in [0.717, 1.165) is 12.1 Å². The molecule has 2 aromatic heterocycles. The minimum Gasteiger partial charge on any atom is -0.384 e. The Bertz CT molecular complexity index is 557. The minimum absolute atomic E-state index is 0.402. The number of aryl methyl sites for hydroxylation is 1. The zero-order valence-corrected chi connectivity index (χ0v) is 10.6. The van der Waals surface area contributed by atoms with Gasteiger partial charge in [-0.25, -0.2) is 15.0 Å². The van der Waals surface area contributed by atoms with E-state index in [9.17, 15) is 0 Å². The molecule has 6 heteroatoms. The third-order valence-corrected chi connectivity index (χ3v) is 2.68. The summed E-state index contributed by atoms with van der Waals surface area (Å²) < 4.78 is 0. The zero-order valence-electron chi connectivity index (χ0n) is 9.11. The number of hydrogen-bond donors (Lipinski definition) is 1.